The third-order valence-corrected chi connectivity index (χ3v) is 6.60. The highest BCUT2D eigenvalue weighted by molar-refractivity contribution is 5.95. The molecule has 9 nitrogen and oxygen atoms in total. The summed E-state index contributed by atoms with van der Waals surface area (Å²) in [5, 5.41) is 2.44. The molecule has 3 aromatic carbocycles. The molecule has 0 saturated carbocycles. The number of carbonyl (C=O) groups is 1. The molecule has 3 heterocycles. The van der Waals surface area contributed by atoms with Crippen molar-refractivity contribution < 1.29 is 13.6 Å². The van der Waals surface area contributed by atoms with Gasteiger partial charge >= 0.3 is 5.69 Å². The van der Waals surface area contributed by atoms with E-state index in [1.165, 1.54) is 25.6 Å². The molecule has 3 aromatic heterocycles. The van der Waals surface area contributed by atoms with Crippen molar-refractivity contribution in [3.8, 4) is 28.4 Å². The maximum absolute atomic E-state index is 14.6. The molecular formula is C27H21FN6O3. The van der Waals surface area contributed by atoms with Crippen LogP contribution in [0.15, 0.2) is 76.4 Å². The highest BCUT2D eigenvalue weighted by atomic mass is 19.1. The maximum atomic E-state index is 14.6. The number of fused-ring (bicyclic) bond motifs is 2. The number of imidazole rings is 2. The number of carbonyl (C=O) groups excluding carboxylic acids is 1. The molecule has 0 bridgehead atoms. The highest BCUT2D eigenvalue weighted by Gasteiger charge is 2.19. The smallest absolute Gasteiger partial charge is 0.328 e. The number of halogens is 1. The van der Waals surface area contributed by atoms with E-state index >= 15 is 0 Å². The van der Waals surface area contributed by atoms with Gasteiger partial charge in [-0.2, -0.15) is 0 Å². The number of aromatic nitrogens is 5. The largest absolute Gasteiger partial charge is 0.440 e. The number of aryl methyl sites for hydroxylation is 2. The van der Waals surface area contributed by atoms with E-state index in [9.17, 15) is 14.0 Å². The molecule has 37 heavy (non-hydrogen) atoms. The fraction of sp³-hybridized carbons (Fsp3) is 0.111. The lowest BCUT2D eigenvalue weighted by Gasteiger charge is -2.09. The average Bonchev–Trinajstić information content (AvgIpc) is 3.62. The van der Waals surface area contributed by atoms with Crippen molar-refractivity contribution in [3.05, 3.63) is 89.1 Å². The second kappa shape index (κ2) is 8.30. The molecule has 1 N–H and O–H groups in total. The average molecular weight is 497 g/mol. The minimum atomic E-state index is -0.605. The van der Waals surface area contributed by atoms with E-state index < -0.39 is 11.7 Å². The Morgan fingerprint density at radius 3 is 2.41 bits per heavy atom. The van der Waals surface area contributed by atoms with Crippen LogP contribution >= 0.6 is 0 Å². The van der Waals surface area contributed by atoms with Crippen molar-refractivity contribution in [2.45, 2.75) is 0 Å². The lowest BCUT2D eigenvalue weighted by atomic mass is 10.0. The van der Waals surface area contributed by atoms with Crippen molar-refractivity contribution in [1.29, 1.82) is 0 Å². The fourth-order valence-corrected chi connectivity index (χ4v) is 4.66. The molecule has 0 spiro atoms. The molecule has 10 heteroatoms. The summed E-state index contributed by atoms with van der Waals surface area (Å²) in [5.41, 5.74) is 5.04. The first-order chi connectivity index (χ1) is 17.9. The predicted octanol–water partition coefficient (Wildman–Crippen LogP) is 4.04. The Hall–Kier alpha value is -4.99. The van der Waals surface area contributed by atoms with E-state index in [4.69, 9.17) is 9.40 Å². The van der Waals surface area contributed by atoms with Crippen molar-refractivity contribution in [2.75, 3.05) is 7.05 Å². The zero-order valence-corrected chi connectivity index (χ0v) is 20.2. The van der Waals surface area contributed by atoms with Gasteiger partial charge in [-0.05, 0) is 53.6 Å². The molecule has 0 radical (unpaired) electrons. The van der Waals surface area contributed by atoms with Gasteiger partial charge in [-0.3, -0.25) is 18.5 Å². The summed E-state index contributed by atoms with van der Waals surface area (Å²) in [6.45, 7) is 0. The topological polar surface area (TPSA) is 99.9 Å². The van der Waals surface area contributed by atoms with Crippen LogP contribution in [0.3, 0.4) is 0 Å². The van der Waals surface area contributed by atoms with E-state index in [-0.39, 0.29) is 11.3 Å². The first-order valence-electron chi connectivity index (χ1n) is 11.5. The second-order valence-electron chi connectivity index (χ2n) is 8.69. The minimum Gasteiger partial charge on any atom is -0.440 e. The van der Waals surface area contributed by atoms with E-state index in [2.05, 4.69) is 10.3 Å². The number of hydrogen-bond donors (Lipinski definition) is 1. The molecular weight excluding hydrogens is 475 g/mol. The summed E-state index contributed by atoms with van der Waals surface area (Å²) < 4.78 is 25.3. The van der Waals surface area contributed by atoms with Gasteiger partial charge in [0, 0.05) is 21.1 Å². The van der Waals surface area contributed by atoms with Crippen molar-refractivity contribution in [1.82, 2.24) is 29.0 Å². The number of nitrogens with zero attached hydrogens (tertiary/aromatic N) is 5. The van der Waals surface area contributed by atoms with Crippen LogP contribution in [0.5, 0.6) is 0 Å². The number of nitrogens with one attached hydrogen (secondary N) is 1. The minimum absolute atomic E-state index is 0.0186. The van der Waals surface area contributed by atoms with Gasteiger partial charge < -0.3 is 9.73 Å². The summed E-state index contributed by atoms with van der Waals surface area (Å²) >= 11 is 0. The van der Waals surface area contributed by atoms with Crippen LogP contribution in [-0.2, 0) is 14.1 Å². The first-order valence-corrected chi connectivity index (χ1v) is 11.5. The summed E-state index contributed by atoms with van der Waals surface area (Å²) in [7, 11) is 4.93. The van der Waals surface area contributed by atoms with Gasteiger partial charge in [-0.15, -0.1) is 0 Å². The molecule has 0 aliphatic rings. The Morgan fingerprint density at radius 2 is 1.68 bits per heavy atom. The molecule has 184 valence electrons. The lowest BCUT2D eigenvalue weighted by Crippen LogP contribution is -2.19. The van der Waals surface area contributed by atoms with Crippen molar-refractivity contribution in [2.24, 2.45) is 14.1 Å². The number of oxazole rings is 1. The molecule has 0 unspecified atom stereocenters. The van der Waals surface area contributed by atoms with E-state index in [0.717, 1.165) is 27.8 Å². The predicted molar refractivity (Wildman–Crippen MR) is 137 cm³/mol. The highest BCUT2D eigenvalue weighted by Crippen LogP contribution is 2.32. The van der Waals surface area contributed by atoms with Crippen LogP contribution in [0, 0.1) is 5.82 Å². The molecule has 0 aliphatic carbocycles. The van der Waals surface area contributed by atoms with E-state index in [1.54, 1.807) is 35.5 Å². The normalized spacial score (nSPS) is 11.5. The maximum Gasteiger partial charge on any atom is 0.328 e. The molecule has 6 aromatic rings. The second-order valence-corrected chi connectivity index (χ2v) is 8.69. The van der Waals surface area contributed by atoms with Crippen molar-refractivity contribution >= 4 is 28.0 Å². The van der Waals surface area contributed by atoms with Crippen LogP contribution in [-0.4, -0.2) is 36.6 Å². The summed E-state index contributed by atoms with van der Waals surface area (Å²) in [4.78, 5) is 33.2. The van der Waals surface area contributed by atoms with Gasteiger partial charge in [0.15, 0.2) is 18.0 Å². The van der Waals surface area contributed by atoms with Crippen LogP contribution in [0.25, 0.3) is 50.5 Å². The summed E-state index contributed by atoms with van der Waals surface area (Å²) in [6.07, 6.45) is 2.92. The van der Waals surface area contributed by atoms with Crippen molar-refractivity contribution in [3.63, 3.8) is 0 Å². The SMILES string of the molecule is CNC(=O)c1ccc(-c2ccc3c(c2)nc(-c2cnco2)n3-c2ccc3c(c2)n(C)c(=O)n3C)cc1F. The van der Waals surface area contributed by atoms with Gasteiger partial charge in [0.1, 0.15) is 5.82 Å². The Morgan fingerprint density at radius 1 is 0.946 bits per heavy atom. The van der Waals surface area contributed by atoms with E-state index in [1.807, 2.05) is 41.0 Å². The van der Waals surface area contributed by atoms with Crippen LogP contribution < -0.4 is 11.0 Å². The zero-order valence-electron chi connectivity index (χ0n) is 20.2. The number of benzene rings is 3. The third kappa shape index (κ3) is 3.45. The van der Waals surface area contributed by atoms with E-state index in [0.29, 0.717) is 22.7 Å². The standard InChI is InChI=1S/C27H21FN6O3/c1-29-26(35)18-7-4-15(10-19(18)28)16-5-8-21-20(11-16)31-25(24-13-30-14-37-24)34(21)17-6-9-22-23(12-17)33(3)27(36)32(22)2/h4-14H,1-3H3,(H,29,35). The number of rotatable bonds is 4. The van der Waals surface area contributed by atoms with Gasteiger partial charge in [-0.25, -0.2) is 19.2 Å². The van der Waals surface area contributed by atoms with Gasteiger partial charge in [0.05, 0.1) is 39.5 Å². The Balaban J connectivity index is 1.54. The molecule has 0 fully saturated rings. The first kappa shape index (κ1) is 22.5. The Labute approximate surface area is 209 Å². The Bertz CT molecular complexity index is 1900. The molecule has 1 amide bonds. The molecule has 0 atom stereocenters. The Kier molecular flexibility index (Phi) is 5.04. The zero-order chi connectivity index (χ0) is 25.8. The summed E-state index contributed by atoms with van der Waals surface area (Å²) in [6, 6.07) is 15.9. The van der Waals surface area contributed by atoms with Crippen LogP contribution in [0.2, 0.25) is 0 Å². The quantitative estimate of drug-likeness (QED) is 0.397. The van der Waals surface area contributed by atoms with Gasteiger partial charge in [0.2, 0.25) is 0 Å². The lowest BCUT2D eigenvalue weighted by molar-refractivity contribution is 0.0959. The fourth-order valence-electron chi connectivity index (χ4n) is 4.66. The van der Waals surface area contributed by atoms with Gasteiger partial charge in [-0.1, -0.05) is 12.1 Å². The third-order valence-electron chi connectivity index (χ3n) is 6.60. The van der Waals surface area contributed by atoms with Crippen LogP contribution in [0.1, 0.15) is 10.4 Å². The van der Waals surface area contributed by atoms with Gasteiger partial charge in [0.25, 0.3) is 5.91 Å². The molecule has 0 saturated heterocycles. The van der Waals surface area contributed by atoms with Crippen LogP contribution in [0.4, 0.5) is 4.39 Å². The monoisotopic (exact) mass is 496 g/mol. The number of amides is 1. The summed E-state index contributed by atoms with van der Waals surface area (Å²) in [5.74, 6) is -0.0821. The molecule has 6 rings (SSSR count). The number of hydrogen-bond acceptors (Lipinski definition) is 5. The molecule has 0 aliphatic heterocycles.